The Kier molecular flexibility index (Phi) is 3.66. The highest BCUT2D eigenvalue weighted by Crippen LogP contribution is 2.63. The zero-order valence-electron chi connectivity index (χ0n) is 13.1. The largest absolute Gasteiger partial charge is 0.353 e. The average Bonchev–Trinajstić information content (AvgIpc) is 3.19. The Bertz CT molecular complexity index is 876. The van der Waals surface area contributed by atoms with Crippen LogP contribution in [0.25, 0.3) is 11.0 Å². The van der Waals surface area contributed by atoms with Crippen LogP contribution in [0.5, 0.6) is 0 Å². The number of halogens is 3. The summed E-state index contributed by atoms with van der Waals surface area (Å²) in [5, 5.41) is -2.77. The third kappa shape index (κ3) is 2.44. The van der Waals surface area contributed by atoms with Crippen LogP contribution in [0.2, 0.25) is 0 Å². The molecule has 2 fully saturated rings. The molecule has 2 aliphatic rings. The molecule has 2 aromatic rings. The van der Waals surface area contributed by atoms with Crippen LogP contribution in [0.4, 0.5) is 8.78 Å². The molecule has 0 N–H and O–H groups in total. The topological polar surface area (TPSA) is 47.8 Å². The van der Waals surface area contributed by atoms with E-state index in [2.05, 4.69) is 9.97 Å². The lowest BCUT2D eigenvalue weighted by atomic mass is 9.99. The van der Waals surface area contributed by atoms with Crippen LogP contribution < -0.4 is 5.56 Å². The normalized spacial score (nSPS) is 22.4. The summed E-state index contributed by atoms with van der Waals surface area (Å²) < 4.78 is 29.0. The predicted octanol–water partition coefficient (Wildman–Crippen LogP) is 4.31. The van der Waals surface area contributed by atoms with Crippen molar-refractivity contribution in [2.24, 2.45) is 5.41 Å². The van der Waals surface area contributed by atoms with E-state index in [4.69, 9.17) is 11.6 Å². The third-order valence-electron chi connectivity index (χ3n) is 5.30. The summed E-state index contributed by atoms with van der Waals surface area (Å²) in [6.07, 6.45) is 8.24. The Hall–Kier alpha value is -1.21. The van der Waals surface area contributed by atoms with E-state index in [1.165, 1.54) is 22.5 Å². The number of hydrogen-bond donors (Lipinski definition) is 0. The lowest BCUT2D eigenvalue weighted by molar-refractivity contribution is 0.0926. The molecule has 2 saturated carbocycles. The van der Waals surface area contributed by atoms with Crippen LogP contribution in [0, 0.1) is 5.41 Å². The minimum Gasteiger partial charge on any atom is -0.288 e. The smallest absolute Gasteiger partial charge is 0.288 e. The summed E-state index contributed by atoms with van der Waals surface area (Å²) in [7, 11) is 0. The summed E-state index contributed by atoms with van der Waals surface area (Å²) in [4.78, 5) is 21.5. The van der Waals surface area contributed by atoms with Crippen LogP contribution in [-0.4, -0.2) is 20.8 Å². The van der Waals surface area contributed by atoms with Crippen LogP contribution in [-0.2, 0) is 5.38 Å². The molecule has 0 aliphatic heterocycles. The van der Waals surface area contributed by atoms with Crippen molar-refractivity contribution in [2.45, 2.75) is 48.7 Å². The molecule has 2 aliphatic carbocycles. The molecule has 1 unspecified atom stereocenters. The molecule has 0 bridgehead atoms. The maximum Gasteiger partial charge on any atom is 0.353 e. The Morgan fingerprint density at radius 3 is 2.79 bits per heavy atom. The summed E-state index contributed by atoms with van der Waals surface area (Å²) in [6.45, 7) is 0. The van der Waals surface area contributed by atoms with Gasteiger partial charge in [-0.15, -0.1) is 0 Å². The van der Waals surface area contributed by atoms with Crippen molar-refractivity contribution >= 4 is 34.4 Å². The first kappa shape index (κ1) is 16.3. The molecular weight excluding hydrogens is 356 g/mol. The second-order valence-electron chi connectivity index (χ2n) is 6.64. The van der Waals surface area contributed by atoms with Crippen LogP contribution in [0.1, 0.15) is 43.7 Å². The first-order chi connectivity index (χ1) is 11.4. The highest BCUT2D eigenvalue weighted by atomic mass is 35.5. The maximum atomic E-state index is 13.8. The average molecular weight is 372 g/mol. The Morgan fingerprint density at radius 2 is 2.17 bits per heavy atom. The molecule has 2 aromatic heterocycles. The summed E-state index contributed by atoms with van der Waals surface area (Å²) in [6, 6.07) is 1.04. The molecule has 128 valence electrons. The quantitative estimate of drug-likeness (QED) is 0.458. The standard InChI is InChI=1S/C16H16ClF2N3OS/c1-24-14-20-8-9-7-10(16(17,18)19)13(23)22(12(9)21-14)11-3-2-4-15(11)5-6-15/h7-8,11H,2-6H2,1H3. The molecule has 1 spiro atoms. The number of thioether (sulfide) groups is 1. The van der Waals surface area contributed by atoms with E-state index >= 15 is 0 Å². The Balaban J connectivity index is 2.04. The van der Waals surface area contributed by atoms with E-state index < -0.39 is 16.5 Å². The minimum absolute atomic E-state index is 0.0709. The van der Waals surface area contributed by atoms with Gasteiger partial charge in [0.1, 0.15) is 11.2 Å². The van der Waals surface area contributed by atoms with Crippen LogP contribution in [0.15, 0.2) is 22.2 Å². The second kappa shape index (κ2) is 5.39. The number of aromatic nitrogens is 3. The second-order valence-corrected chi connectivity index (χ2v) is 7.89. The van der Waals surface area contributed by atoms with E-state index in [0.29, 0.717) is 16.2 Å². The van der Waals surface area contributed by atoms with Gasteiger partial charge in [0.15, 0.2) is 5.16 Å². The first-order valence-electron chi connectivity index (χ1n) is 7.89. The van der Waals surface area contributed by atoms with Gasteiger partial charge in [0.05, 0.1) is 0 Å². The zero-order chi connectivity index (χ0) is 17.1. The molecule has 0 radical (unpaired) electrons. The van der Waals surface area contributed by atoms with Crippen molar-refractivity contribution in [3.05, 3.63) is 28.2 Å². The van der Waals surface area contributed by atoms with Gasteiger partial charge >= 0.3 is 5.38 Å². The minimum atomic E-state index is -3.71. The fraction of sp³-hybridized carbons (Fsp3) is 0.562. The number of pyridine rings is 1. The van der Waals surface area contributed by atoms with E-state index in [1.807, 2.05) is 6.26 Å². The van der Waals surface area contributed by atoms with Gasteiger partial charge in [0.25, 0.3) is 5.56 Å². The summed E-state index contributed by atoms with van der Waals surface area (Å²) >= 11 is 6.55. The highest BCUT2D eigenvalue weighted by Gasteiger charge is 2.53. The SMILES string of the molecule is CSc1ncc2cc(C(F)(F)Cl)c(=O)n(C3CCCC34CC4)c2n1. The monoisotopic (exact) mass is 371 g/mol. The molecule has 0 amide bonds. The molecule has 0 aromatic carbocycles. The van der Waals surface area contributed by atoms with Crippen LogP contribution >= 0.6 is 23.4 Å². The number of alkyl halides is 3. The fourth-order valence-corrected chi connectivity index (χ4v) is 4.43. The lowest BCUT2D eigenvalue weighted by Gasteiger charge is -2.24. The van der Waals surface area contributed by atoms with Gasteiger partial charge in [0.2, 0.25) is 0 Å². The maximum absolute atomic E-state index is 13.8. The van der Waals surface area contributed by atoms with Gasteiger partial charge in [-0.1, -0.05) is 18.2 Å². The number of nitrogens with zero attached hydrogens (tertiary/aromatic N) is 3. The van der Waals surface area contributed by atoms with E-state index in [9.17, 15) is 13.6 Å². The third-order valence-corrected chi connectivity index (χ3v) is 6.07. The van der Waals surface area contributed by atoms with Gasteiger partial charge in [-0.3, -0.25) is 9.36 Å². The van der Waals surface area contributed by atoms with Crippen molar-refractivity contribution in [3.63, 3.8) is 0 Å². The number of fused-ring (bicyclic) bond motifs is 1. The number of rotatable bonds is 3. The van der Waals surface area contributed by atoms with E-state index in [-0.39, 0.29) is 11.5 Å². The molecule has 4 rings (SSSR count). The molecule has 4 nitrogen and oxygen atoms in total. The fourth-order valence-electron chi connectivity index (χ4n) is 3.96. The van der Waals surface area contributed by atoms with Crippen molar-refractivity contribution in [1.82, 2.24) is 14.5 Å². The van der Waals surface area contributed by atoms with Gasteiger partial charge in [-0.2, -0.15) is 8.78 Å². The van der Waals surface area contributed by atoms with E-state index in [0.717, 1.165) is 38.2 Å². The van der Waals surface area contributed by atoms with E-state index in [1.54, 1.807) is 0 Å². The molecule has 0 saturated heterocycles. The summed E-state index contributed by atoms with van der Waals surface area (Å²) in [5.41, 5.74) is -0.921. The highest BCUT2D eigenvalue weighted by molar-refractivity contribution is 7.98. The van der Waals surface area contributed by atoms with Crippen molar-refractivity contribution < 1.29 is 8.78 Å². The van der Waals surface area contributed by atoms with Gasteiger partial charge in [-0.05, 0) is 55.0 Å². The summed E-state index contributed by atoms with van der Waals surface area (Å²) in [5.74, 6) is 0. The van der Waals surface area contributed by atoms with Crippen LogP contribution in [0.3, 0.4) is 0 Å². The van der Waals surface area contributed by atoms with Gasteiger partial charge in [0, 0.05) is 17.6 Å². The van der Waals surface area contributed by atoms with Crippen molar-refractivity contribution in [1.29, 1.82) is 0 Å². The lowest BCUT2D eigenvalue weighted by Crippen LogP contribution is -2.33. The molecule has 1 atom stereocenters. The molecule has 2 heterocycles. The molecule has 8 heteroatoms. The van der Waals surface area contributed by atoms with Gasteiger partial charge < -0.3 is 0 Å². The van der Waals surface area contributed by atoms with Gasteiger partial charge in [-0.25, -0.2) is 9.97 Å². The molecular formula is C16H16ClF2N3OS. The Morgan fingerprint density at radius 1 is 1.42 bits per heavy atom. The number of hydrogen-bond acceptors (Lipinski definition) is 4. The Labute approximate surface area is 146 Å². The van der Waals surface area contributed by atoms with Crippen molar-refractivity contribution in [3.8, 4) is 0 Å². The first-order valence-corrected chi connectivity index (χ1v) is 9.49. The predicted molar refractivity (Wildman–Crippen MR) is 89.9 cm³/mol. The zero-order valence-corrected chi connectivity index (χ0v) is 14.6. The van der Waals surface area contributed by atoms with Crippen molar-refractivity contribution in [2.75, 3.05) is 6.26 Å². The molecule has 24 heavy (non-hydrogen) atoms.